The third-order valence-electron chi connectivity index (χ3n) is 5.30. The minimum absolute atomic E-state index is 0.0174. The van der Waals surface area contributed by atoms with Crippen LogP contribution in [0.25, 0.3) is 0 Å². The number of fused-ring (bicyclic) bond motifs is 1. The maximum Gasteiger partial charge on any atom is 0.323 e. The molecule has 2 heterocycles. The van der Waals surface area contributed by atoms with Crippen LogP contribution >= 0.6 is 11.3 Å². The Morgan fingerprint density at radius 3 is 2.50 bits per heavy atom. The van der Waals surface area contributed by atoms with Crippen LogP contribution in [0.15, 0.2) is 24.3 Å². The van der Waals surface area contributed by atoms with Crippen LogP contribution in [-0.4, -0.2) is 58.0 Å². The molecule has 1 aromatic carbocycles. The van der Waals surface area contributed by atoms with Crippen molar-refractivity contribution in [3.63, 3.8) is 0 Å². The van der Waals surface area contributed by atoms with Crippen LogP contribution in [0.1, 0.15) is 40.2 Å². The largest absolute Gasteiger partial charge is 0.507 e. The first-order valence-corrected chi connectivity index (χ1v) is 10.6. The fraction of sp³-hybridized carbons (Fsp3) is 0.450. The van der Waals surface area contributed by atoms with Crippen molar-refractivity contribution >= 4 is 28.4 Å². The van der Waals surface area contributed by atoms with Gasteiger partial charge < -0.3 is 14.9 Å². The van der Waals surface area contributed by atoms with Gasteiger partial charge in [-0.05, 0) is 37.8 Å². The molecule has 28 heavy (non-hydrogen) atoms. The zero-order valence-corrected chi connectivity index (χ0v) is 16.5. The number of benzene rings is 1. The van der Waals surface area contributed by atoms with Crippen molar-refractivity contribution < 1.29 is 14.7 Å². The summed E-state index contributed by atoms with van der Waals surface area (Å²) in [6.07, 6.45) is 5.64. The third kappa shape index (κ3) is 3.96. The number of phenols is 1. The number of carbonyl (C=O) groups is 2. The van der Waals surface area contributed by atoms with E-state index in [2.05, 4.69) is 10.3 Å². The van der Waals surface area contributed by atoms with Crippen LogP contribution in [0.3, 0.4) is 0 Å². The number of para-hydroxylation sites is 1. The molecule has 3 amide bonds. The number of hydrogen-bond donors (Lipinski definition) is 2. The van der Waals surface area contributed by atoms with Crippen molar-refractivity contribution in [1.29, 1.82) is 0 Å². The van der Waals surface area contributed by atoms with Crippen molar-refractivity contribution in [2.24, 2.45) is 0 Å². The number of nitrogens with one attached hydrogen (secondary N) is 1. The van der Waals surface area contributed by atoms with Crippen molar-refractivity contribution in [3.8, 4) is 5.75 Å². The molecule has 0 spiro atoms. The zero-order chi connectivity index (χ0) is 19.5. The number of phenolic OH excluding ortho intramolecular Hbond substituents is 1. The van der Waals surface area contributed by atoms with Crippen LogP contribution in [0.5, 0.6) is 5.75 Å². The first-order chi connectivity index (χ1) is 13.6. The van der Waals surface area contributed by atoms with Gasteiger partial charge in [0.05, 0.1) is 11.3 Å². The Morgan fingerprint density at radius 1 is 1.00 bits per heavy atom. The average molecular weight is 401 g/mol. The highest BCUT2D eigenvalue weighted by molar-refractivity contribution is 7.15. The molecule has 1 fully saturated rings. The summed E-state index contributed by atoms with van der Waals surface area (Å²) in [6, 6.07) is 6.37. The Labute approximate surface area is 168 Å². The van der Waals surface area contributed by atoms with Gasteiger partial charge in [0, 0.05) is 31.1 Å². The van der Waals surface area contributed by atoms with Gasteiger partial charge in [0.15, 0.2) is 5.13 Å². The molecule has 1 aliphatic heterocycles. The molecule has 148 valence electrons. The number of rotatable bonds is 2. The predicted octanol–water partition coefficient (Wildman–Crippen LogP) is 3.11. The second-order valence-corrected chi connectivity index (χ2v) is 8.26. The number of aromatic hydroxyl groups is 1. The summed E-state index contributed by atoms with van der Waals surface area (Å²) in [7, 11) is 0. The van der Waals surface area contributed by atoms with Gasteiger partial charge >= 0.3 is 6.03 Å². The maximum atomic E-state index is 12.6. The monoisotopic (exact) mass is 400 g/mol. The minimum atomic E-state index is -0.207. The molecule has 8 heteroatoms. The van der Waals surface area contributed by atoms with E-state index in [0.29, 0.717) is 36.9 Å². The molecule has 1 aromatic heterocycles. The van der Waals surface area contributed by atoms with Crippen LogP contribution in [0.4, 0.5) is 9.93 Å². The summed E-state index contributed by atoms with van der Waals surface area (Å²) in [5.41, 5.74) is 1.43. The Morgan fingerprint density at radius 2 is 1.71 bits per heavy atom. The lowest BCUT2D eigenvalue weighted by Gasteiger charge is -2.34. The average Bonchev–Trinajstić information content (AvgIpc) is 2.96. The number of carbonyl (C=O) groups excluding carboxylic acids is 2. The summed E-state index contributed by atoms with van der Waals surface area (Å²) in [5, 5.41) is 13.5. The number of urea groups is 1. The molecule has 1 saturated heterocycles. The van der Waals surface area contributed by atoms with Gasteiger partial charge in [0.25, 0.3) is 5.91 Å². The molecule has 0 bridgehead atoms. The van der Waals surface area contributed by atoms with E-state index in [1.54, 1.807) is 39.3 Å². The van der Waals surface area contributed by atoms with Gasteiger partial charge in [-0.2, -0.15) is 0 Å². The summed E-state index contributed by atoms with van der Waals surface area (Å²) in [6.45, 7) is 1.79. The summed E-state index contributed by atoms with van der Waals surface area (Å²) in [4.78, 5) is 34.4. The smallest absolute Gasteiger partial charge is 0.323 e. The number of anilines is 1. The standard InChI is InChI=1S/C20H24N4O3S/c25-16-8-5-4-6-14(16)18(26)23-10-12-24(13-11-23)20(27)22-19-21-15-7-2-1-3-9-17(15)28-19/h4-6,8,25H,1-3,7,9-13H2,(H,21,22,27). The number of nitrogens with zero attached hydrogens (tertiary/aromatic N) is 3. The number of aromatic nitrogens is 1. The first kappa shape index (κ1) is 18.7. The van der Waals surface area contributed by atoms with Crippen LogP contribution in [0.2, 0.25) is 0 Å². The topological polar surface area (TPSA) is 85.8 Å². The highest BCUT2D eigenvalue weighted by Crippen LogP contribution is 2.29. The lowest BCUT2D eigenvalue weighted by atomic mass is 10.1. The lowest BCUT2D eigenvalue weighted by Crippen LogP contribution is -2.51. The van der Waals surface area contributed by atoms with Crippen LogP contribution in [0, 0.1) is 0 Å². The van der Waals surface area contributed by atoms with Gasteiger partial charge in [-0.3, -0.25) is 10.1 Å². The summed E-state index contributed by atoms with van der Waals surface area (Å²) >= 11 is 1.58. The number of thiazole rings is 1. The second-order valence-electron chi connectivity index (χ2n) is 7.18. The van der Waals surface area contributed by atoms with Gasteiger partial charge in [0.2, 0.25) is 0 Å². The van der Waals surface area contributed by atoms with Crippen molar-refractivity contribution in [2.45, 2.75) is 32.1 Å². The van der Waals surface area contributed by atoms with Crippen molar-refractivity contribution in [2.75, 3.05) is 31.5 Å². The Bertz CT molecular complexity index is 851. The quantitative estimate of drug-likeness (QED) is 0.759. The molecule has 7 nitrogen and oxygen atoms in total. The number of hydrogen-bond acceptors (Lipinski definition) is 5. The minimum Gasteiger partial charge on any atom is -0.507 e. The number of amides is 3. The van der Waals surface area contributed by atoms with E-state index >= 15 is 0 Å². The van der Waals surface area contributed by atoms with E-state index in [-0.39, 0.29) is 17.7 Å². The molecular weight excluding hydrogens is 376 g/mol. The number of aryl methyl sites for hydroxylation is 2. The van der Waals surface area contributed by atoms with Gasteiger partial charge in [-0.15, -0.1) is 11.3 Å². The zero-order valence-electron chi connectivity index (χ0n) is 15.7. The van der Waals surface area contributed by atoms with Crippen LogP contribution < -0.4 is 5.32 Å². The maximum absolute atomic E-state index is 12.6. The highest BCUT2D eigenvalue weighted by atomic mass is 32.1. The molecule has 2 aromatic rings. The van der Waals surface area contributed by atoms with E-state index < -0.39 is 0 Å². The Hall–Kier alpha value is -2.61. The molecule has 0 radical (unpaired) electrons. The molecule has 0 unspecified atom stereocenters. The van der Waals surface area contributed by atoms with Gasteiger partial charge in [-0.1, -0.05) is 18.6 Å². The molecule has 1 aliphatic carbocycles. The SMILES string of the molecule is O=C(Nc1nc2c(s1)CCCCC2)N1CCN(C(=O)c2ccccc2O)CC1. The van der Waals surface area contributed by atoms with E-state index in [4.69, 9.17) is 0 Å². The normalized spacial score (nSPS) is 17.0. The molecular formula is C20H24N4O3S. The van der Waals surface area contributed by atoms with Crippen molar-refractivity contribution in [1.82, 2.24) is 14.8 Å². The first-order valence-electron chi connectivity index (χ1n) is 9.73. The van der Waals surface area contributed by atoms with E-state index in [1.807, 2.05) is 0 Å². The highest BCUT2D eigenvalue weighted by Gasteiger charge is 2.26. The van der Waals surface area contributed by atoms with Gasteiger partial charge in [-0.25, -0.2) is 9.78 Å². The fourth-order valence-electron chi connectivity index (χ4n) is 3.69. The fourth-order valence-corrected chi connectivity index (χ4v) is 4.73. The molecule has 2 aliphatic rings. The predicted molar refractivity (Wildman–Crippen MR) is 108 cm³/mol. The number of piperazine rings is 1. The summed E-state index contributed by atoms with van der Waals surface area (Å²) in [5.74, 6) is -0.224. The third-order valence-corrected chi connectivity index (χ3v) is 6.37. The molecule has 4 rings (SSSR count). The van der Waals surface area contributed by atoms with Gasteiger partial charge in [0.1, 0.15) is 5.75 Å². The molecule has 2 N–H and O–H groups in total. The second kappa shape index (κ2) is 8.18. The Balaban J connectivity index is 1.33. The van der Waals surface area contributed by atoms with E-state index in [0.717, 1.165) is 25.0 Å². The lowest BCUT2D eigenvalue weighted by molar-refractivity contribution is 0.0668. The molecule has 0 atom stereocenters. The Kier molecular flexibility index (Phi) is 5.47. The van der Waals surface area contributed by atoms with Crippen molar-refractivity contribution in [3.05, 3.63) is 40.4 Å². The molecule has 0 saturated carbocycles. The van der Waals surface area contributed by atoms with E-state index in [1.165, 1.54) is 23.8 Å². The summed E-state index contributed by atoms with van der Waals surface area (Å²) < 4.78 is 0. The van der Waals surface area contributed by atoms with E-state index in [9.17, 15) is 14.7 Å². The van der Waals surface area contributed by atoms with Crippen LogP contribution in [-0.2, 0) is 12.8 Å².